The molecule has 1 amide bonds. The van der Waals surface area contributed by atoms with Crippen LogP contribution in [0.2, 0.25) is 5.02 Å². The third-order valence-corrected chi connectivity index (χ3v) is 4.38. The molecule has 1 aromatic rings. The topological polar surface area (TPSA) is 41.1 Å². The van der Waals surface area contributed by atoms with E-state index in [0.717, 1.165) is 23.9 Å². The normalized spacial score (nSPS) is 22.0. The SMILES string of the molecule is CC1(C)CCCNC1C(=O)Nc1ccc(Br)cc1Cl. The van der Waals surface area contributed by atoms with Gasteiger partial charge in [0.2, 0.25) is 5.91 Å². The molecule has 1 fully saturated rings. The Morgan fingerprint density at radius 1 is 1.53 bits per heavy atom. The summed E-state index contributed by atoms with van der Waals surface area (Å²) >= 11 is 9.47. The van der Waals surface area contributed by atoms with Gasteiger partial charge in [-0.05, 0) is 43.0 Å². The lowest BCUT2D eigenvalue weighted by Crippen LogP contribution is -2.53. The van der Waals surface area contributed by atoms with Crippen LogP contribution in [0.4, 0.5) is 5.69 Å². The highest BCUT2D eigenvalue weighted by molar-refractivity contribution is 9.10. The van der Waals surface area contributed by atoms with E-state index in [0.29, 0.717) is 10.7 Å². The van der Waals surface area contributed by atoms with Crippen LogP contribution in [0.5, 0.6) is 0 Å². The molecule has 19 heavy (non-hydrogen) atoms. The minimum Gasteiger partial charge on any atom is -0.323 e. The molecule has 1 aromatic carbocycles. The van der Waals surface area contributed by atoms with Crippen LogP contribution in [-0.2, 0) is 4.79 Å². The van der Waals surface area contributed by atoms with E-state index >= 15 is 0 Å². The average Bonchev–Trinajstić information content (AvgIpc) is 2.32. The molecule has 0 saturated carbocycles. The summed E-state index contributed by atoms with van der Waals surface area (Å²) in [4.78, 5) is 12.4. The second-order valence-electron chi connectivity index (χ2n) is 5.59. The zero-order chi connectivity index (χ0) is 14.0. The molecule has 1 aliphatic rings. The quantitative estimate of drug-likeness (QED) is 0.855. The molecule has 0 bridgehead atoms. The molecule has 104 valence electrons. The van der Waals surface area contributed by atoms with E-state index in [2.05, 4.69) is 40.4 Å². The summed E-state index contributed by atoms with van der Waals surface area (Å²) < 4.78 is 0.895. The maximum Gasteiger partial charge on any atom is 0.242 e. The predicted molar refractivity (Wildman–Crippen MR) is 82.6 cm³/mol. The summed E-state index contributed by atoms with van der Waals surface area (Å²) in [7, 11) is 0. The lowest BCUT2D eigenvalue weighted by Gasteiger charge is -2.38. The van der Waals surface area contributed by atoms with Gasteiger partial charge in [0.05, 0.1) is 16.8 Å². The molecule has 1 atom stereocenters. The first-order valence-corrected chi connectivity index (χ1v) is 7.56. The Balaban J connectivity index is 2.12. The van der Waals surface area contributed by atoms with Crippen LogP contribution in [0, 0.1) is 5.41 Å². The van der Waals surface area contributed by atoms with Crippen molar-refractivity contribution in [2.45, 2.75) is 32.7 Å². The number of rotatable bonds is 2. The van der Waals surface area contributed by atoms with Gasteiger partial charge < -0.3 is 10.6 Å². The highest BCUT2D eigenvalue weighted by atomic mass is 79.9. The third kappa shape index (κ3) is 3.50. The van der Waals surface area contributed by atoms with Gasteiger partial charge >= 0.3 is 0 Å². The largest absolute Gasteiger partial charge is 0.323 e. The number of amides is 1. The van der Waals surface area contributed by atoms with Crippen LogP contribution in [0.3, 0.4) is 0 Å². The van der Waals surface area contributed by atoms with E-state index < -0.39 is 0 Å². The lowest BCUT2D eigenvalue weighted by molar-refractivity contribution is -0.121. The van der Waals surface area contributed by atoms with Gasteiger partial charge in [-0.3, -0.25) is 4.79 Å². The standard InChI is InChI=1S/C14H18BrClN2O/c1-14(2)6-3-7-17-12(14)13(19)18-11-5-4-9(15)8-10(11)16/h4-5,8,12,17H,3,6-7H2,1-2H3,(H,18,19). The van der Waals surface area contributed by atoms with Crippen molar-refractivity contribution in [2.75, 3.05) is 11.9 Å². The maximum atomic E-state index is 12.4. The Morgan fingerprint density at radius 3 is 2.89 bits per heavy atom. The van der Waals surface area contributed by atoms with Crippen LogP contribution in [0.1, 0.15) is 26.7 Å². The monoisotopic (exact) mass is 344 g/mol. The zero-order valence-electron chi connectivity index (χ0n) is 11.1. The van der Waals surface area contributed by atoms with Gasteiger partial charge in [-0.2, -0.15) is 0 Å². The minimum atomic E-state index is -0.180. The van der Waals surface area contributed by atoms with Crippen molar-refractivity contribution in [2.24, 2.45) is 5.41 Å². The molecule has 3 nitrogen and oxygen atoms in total. The van der Waals surface area contributed by atoms with Gasteiger partial charge in [0.15, 0.2) is 0 Å². The van der Waals surface area contributed by atoms with E-state index in [9.17, 15) is 4.79 Å². The van der Waals surface area contributed by atoms with Gasteiger partial charge in [0.25, 0.3) is 0 Å². The first-order valence-electron chi connectivity index (χ1n) is 6.39. The molecule has 2 rings (SSSR count). The van der Waals surface area contributed by atoms with E-state index in [4.69, 9.17) is 11.6 Å². The van der Waals surface area contributed by atoms with Gasteiger partial charge in [-0.15, -0.1) is 0 Å². The Bertz CT molecular complexity index is 490. The van der Waals surface area contributed by atoms with Crippen molar-refractivity contribution in [3.63, 3.8) is 0 Å². The summed E-state index contributed by atoms with van der Waals surface area (Å²) in [6, 6.07) is 5.26. The van der Waals surface area contributed by atoms with E-state index in [1.165, 1.54) is 0 Å². The first kappa shape index (κ1) is 14.8. The molecule has 0 radical (unpaired) electrons. The molecular formula is C14H18BrClN2O. The maximum absolute atomic E-state index is 12.4. The Kier molecular flexibility index (Phi) is 4.54. The number of piperidine rings is 1. The average molecular weight is 346 g/mol. The Morgan fingerprint density at radius 2 is 2.26 bits per heavy atom. The lowest BCUT2D eigenvalue weighted by atomic mass is 9.77. The first-order chi connectivity index (χ1) is 8.90. The molecule has 1 unspecified atom stereocenters. The predicted octanol–water partition coefficient (Wildman–Crippen LogP) is 3.82. The van der Waals surface area contributed by atoms with Gasteiger partial charge in [0, 0.05) is 4.47 Å². The molecule has 1 aliphatic heterocycles. The molecule has 1 heterocycles. The molecule has 2 N–H and O–H groups in total. The van der Waals surface area contributed by atoms with Crippen molar-refractivity contribution in [1.82, 2.24) is 5.32 Å². The zero-order valence-corrected chi connectivity index (χ0v) is 13.4. The fraction of sp³-hybridized carbons (Fsp3) is 0.500. The summed E-state index contributed by atoms with van der Waals surface area (Å²) in [5.74, 6) is -0.0195. The molecule has 0 spiro atoms. The molecular weight excluding hydrogens is 328 g/mol. The van der Waals surface area contributed by atoms with Gasteiger partial charge in [0.1, 0.15) is 0 Å². The van der Waals surface area contributed by atoms with Crippen molar-refractivity contribution >= 4 is 39.1 Å². The summed E-state index contributed by atoms with van der Waals surface area (Å²) in [5.41, 5.74) is 0.613. The van der Waals surface area contributed by atoms with Crippen molar-refractivity contribution < 1.29 is 4.79 Å². The van der Waals surface area contributed by atoms with Crippen LogP contribution >= 0.6 is 27.5 Å². The Hall–Kier alpha value is -0.580. The number of anilines is 1. The van der Waals surface area contributed by atoms with Crippen molar-refractivity contribution in [3.8, 4) is 0 Å². The molecule has 0 aromatic heterocycles. The van der Waals surface area contributed by atoms with Crippen LogP contribution in [0.15, 0.2) is 22.7 Å². The molecule has 5 heteroatoms. The fourth-order valence-corrected chi connectivity index (χ4v) is 3.18. The number of halogens is 2. The van der Waals surface area contributed by atoms with E-state index in [1.807, 2.05) is 6.07 Å². The van der Waals surface area contributed by atoms with Gasteiger partial charge in [-0.1, -0.05) is 41.4 Å². The number of hydrogen-bond acceptors (Lipinski definition) is 2. The summed E-state index contributed by atoms with van der Waals surface area (Å²) in [5, 5.41) is 6.74. The number of benzene rings is 1. The van der Waals surface area contributed by atoms with E-state index in [1.54, 1.807) is 12.1 Å². The summed E-state index contributed by atoms with van der Waals surface area (Å²) in [6.07, 6.45) is 2.15. The minimum absolute atomic E-state index is 0.0195. The Labute approximate surface area is 127 Å². The van der Waals surface area contributed by atoms with E-state index in [-0.39, 0.29) is 17.4 Å². The number of hydrogen-bond donors (Lipinski definition) is 2. The van der Waals surface area contributed by atoms with Crippen LogP contribution in [0.25, 0.3) is 0 Å². The van der Waals surface area contributed by atoms with Crippen molar-refractivity contribution in [1.29, 1.82) is 0 Å². The smallest absolute Gasteiger partial charge is 0.242 e. The molecule has 0 aliphatic carbocycles. The second-order valence-corrected chi connectivity index (χ2v) is 6.92. The third-order valence-electron chi connectivity index (χ3n) is 3.58. The van der Waals surface area contributed by atoms with Crippen LogP contribution < -0.4 is 10.6 Å². The molecule has 1 saturated heterocycles. The van der Waals surface area contributed by atoms with Crippen molar-refractivity contribution in [3.05, 3.63) is 27.7 Å². The number of carbonyl (C=O) groups is 1. The van der Waals surface area contributed by atoms with Gasteiger partial charge in [-0.25, -0.2) is 0 Å². The highest BCUT2D eigenvalue weighted by Crippen LogP contribution is 2.32. The number of nitrogens with one attached hydrogen (secondary N) is 2. The van der Waals surface area contributed by atoms with Crippen LogP contribution in [-0.4, -0.2) is 18.5 Å². The summed E-state index contributed by atoms with van der Waals surface area (Å²) in [6.45, 7) is 5.12. The fourth-order valence-electron chi connectivity index (χ4n) is 2.45. The second kappa shape index (κ2) is 5.81. The highest BCUT2D eigenvalue weighted by Gasteiger charge is 2.37. The number of carbonyl (C=O) groups excluding carboxylic acids is 1.